The normalized spacial score (nSPS) is 35.7. The van der Waals surface area contributed by atoms with Gasteiger partial charge in [-0.2, -0.15) is 0 Å². The first-order chi connectivity index (χ1) is 9.72. The van der Waals surface area contributed by atoms with Crippen LogP contribution in [0.2, 0.25) is 0 Å². The van der Waals surface area contributed by atoms with E-state index in [2.05, 4.69) is 26.8 Å². The maximum atomic E-state index is 11.8. The van der Waals surface area contributed by atoms with Crippen molar-refractivity contribution >= 4 is 12.1 Å². The molecule has 0 aromatic carbocycles. The summed E-state index contributed by atoms with van der Waals surface area (Å²) in [6.45, 7) is 10.4. The van der Waals surface area contributed by atoms with Gasteiger partial charge in [0, 0.05) is 5.92 Å². The molecule has 1 fully saturated rings. The van der Waals surface area contributed by atoms with E-state index in [-0.39, 0.29) is 22.5 Å². The molecular weight excluding hydrogens is 260 g/mol. The molecule has 0 aliphatic heterocycles. The Balaban J connectivity index is 2.44. The van der Waals surface area contributed by atoms with Gasteiger partial charge in [-0.05, 0) is 61.0 Å². The number of carbonyl (C=O) groups excluding carboxylic acids is 2. The van der Waals surface area contributed by atoms with Gasteiger partial charge < -0.3 is 4.79 Å². The summed E-state index contributed by atoms with van der Waals surface area (Å²) in [5.41, 5.74) is 2.11. The Hall–Kier alpha value is -1.18. The fraction of sp³-hybridized carbons (Fsp3) is 0.684. The molecule has 0 N–H and O–H groups in total. The first-order valence-corrected chi connectivity index (χ1v) is 8.07. The SMILES string of the molecule is CC(=O)/C(C)=C/C1=CCC2C(C)(C)CCC[C@]2(C)[C@H]1C=O. The highest BCUT2D eigenvalue weighted by Gasteiger charge is 2.52. The number of aldehydes is 1. The second kappa shape index (κ2) is 5.55. The van der Waals surface area contributed by atoms with Crippen molar-refractivity contribution in [3.05, 3.63) is 23.3 Å². The summed E-state index contributed by atoms with van der Waals surface area (Å²) in [6, 6.07) is 0. The van der Waals surface area contributed by atoms with Crippen LogP contribution in [0.3, 0.4) is 0 Å². The fourth-order valence-electron chi connectivity index (χ4n) is 4.62. The lowest BCUT2D eigenvalue weighted by Gasteiger charge is -2.55. The molecule has 2 nitrogen and oxygen atoms in total. The van der Waals surface area contributed by atoms with Crippen LogP contribution in [-0.4, -0.2) is 12.1 Å². The Labute approximate surface area is 128 Å². The summed E-state index contributed by atoms with van der Waals surface area (Å²) in [5, 5.41) is 0. The maximum Gasteiger partial charge on any atom is 0.155 e. The first kappa shape index (κ1) is 16.2. The quantitative estimate of drug-likeness (QED) is 0.566. The average Bonchev–Trinajstić information content (AvgIpc) is 2.37. The highest BCUT2D eigenvalue weighted by Crippen LogP contribution is 2.59. The van der Waals surface area contributed by atoms with Crippen LogP contribution in [0.15, 0.2) is 23.3 Å². The number of allylic oxidation sites excluding steroid dienone is 4. The summed E-state index contributed by atoms with van der Waals surface area (Å²) in [6.07, 6.45) is 9.80. The van der Waals surface area contributed by atoms with Crippen LogP contribution in [0.4, 0.5) is 0 Å². The lowest BCUT2D eigenvalue weighted by Crippen LogP contribution is -2.49. The zero-order chi connectivity index (χ0) is 15.8. The molecule has 0 aromatic heterocycles. The summed E-state index contributed by atoms with van der Waals surface area (Å²) in [5.74, 6) is 0.547. The van der Waals surface area contributed by atoms with Gasteiger partial charge in [-0.25, -0.2) is 0 Å². The number of hydrogen-bond acceptors (Lipinski definition) is 2. The molecule has 0 bridgehead atoms. The predicted molar refractivity (Wildman–Crippen MR) is 85.9 cm³/mol. The third-order valence-electron chi connectivity index (χ3n) is 6.01. The molecule has 2 aliphatic carbocycles. The van der Waals surface area contributed by atoms with Crippen LogP contribution >= 0.6 is 0 Å². The Morgan fingerprint density at radius 2 is 1.90 bits per heavy atom. The summed E-state index contributed by atoms with van der Waals surface area (Å²) in [4.78, 5) is 23.3. The second-order valence-corrected chi connectivity index (χ2v) is 7.84. The molecular formula is C19H28O2. The van der Waals surface area contributed by atoms with Gasteiger partial charge in [0.25, 0.3) is 0 Å². The van der Waals surface area contributed by atoms with E-state index in [0.29, 0.717) is 5.92 Å². The van der Waals surface area contributed by atoms with E-state index >= 15 is 0 Å². The van der Waals surface area contributed by atoms with Gasteiger partial charge in [0.05, 0.1) is 0 Å². The van der Waals surface area contributed by atoms with E-state index in [0.717, 1.165) is 30.3 Å². The summed E-state index contributed by atoms with van der Waals surface area (Å²) >= 11 is 0. The lowest BCUT2D eigenvalue weighted by atomic mass is 9.49. The number of carbonyl (C=O) groups is 2. The van der Waals surface area contributed by atoms with E-state index in [9.17, 15) is 9.59 Å². The molecule has 1 saturated carbocycles. The topological polar surface area (TPSA) is 34.1 Å². The minimum Gasteiger partial charge on any atom is -0.303 e. The molecule has 2 heteroatoms. The second-order valence-electron chi connectivity index (χ2n) is 7.84. The maximum absolute atomic E-state index is 11.8. The Bertz CT molecular complexity index is 510. The van der Waals surface area contributed by atoms with Gasteiger partial charge in [0.2, 0.25) is 0 Å². The van der Waals surface area contributed by atoms with Gasteiger partial charge in [-0.15, -0.1) is 0 Å². The molecule has 0 aromatic rings. The van der Waals surface area contributed by atoms with Crippen molar-refractivity contribution in [2.24, 2.45) is 22.7 Å². The lowest BCUT2D eigenvalue weighted by molar-refractivity contribution is -0.119. The molecule has 0 radical (unpaired) electrons. The molecule has 21 heavy (non-hydrogen) atoms. The predicted octanol–water partition coefficient (Wildman–Crippen LogP) is 4.50. The van der Waals surface area contributed by atoms with Crippen molar-refractivity contribution < 1.29 is 9.59 Å². The molecule has 0 heterocycles. The summed E-state index contributed by atoms with van der Waals surface area (Å²) in [7, 11) is 0. The molecule has 0 saturated heterocycles. The van der Waals surface area contributed by atoms with Crippen LogP contribution in [-0.2, 0) is 9.59 Å². The average molecular weight is 288 g/mol. The van der Waals surface area contributed by atoms with Crippen LogP contribution in [0.5, 0.6) is 0 Å². The van der Waals surface area contributed by atoms with Gasteiger partial charge in [-0.3, -0.25) is 4.79 Å². The molecule has 2 aliphatic rings. The van der Waals surface area contributed by atoms with Gasteiger partial charge in [0.15, 0.2) is 5.78 Å². The van der Waals surface area contributed by atoms with Crippen molar-refractivity contribution in [1.29, 1.82) is 0 Å². The van der Waals surface area contributed by atoms with Crippen molar-refractivity contribution in [3.63, 3.8) is 0 Å². The third-order valence-corrected chi connectivity index (χ3v) is 6.01. The van der Waals surface area contributed by atoms with Crippen molar-refractivity contribution in [1.82, 2.24) is 0 Å². The zero-order valence-corrected chi connectivity index (χ0v) is 14.0. The summed E-state index contributed by atoms with van der Waals surface area (Å²) < 4.78 is 0. The Kier molecular flexibility index (Phi) is 4.28. The number of hydrogen-bond donors (Lipinski definition) is 0. The molecule has 3 atom stereocenters. The van der Waals surface area contributed by atoms with Crippen molar-refractivity contribution in [2.45, 2.75) is 60.3 Å². The number of ketones is 1. The Morgan fingerprint density at radius 1 is 1.24 bits per heavy atom. The monoisotopic (exact) mass is 288 g/mol. The minimum atomic E-state index is -0.0786. The molecule has 0 spiro atoms. The fourth-order valence-corrected chi connectivity index (χ4v) is 4.62. The smallest absolute Gasteiger partial charge is 0.155 e. The van der Waals surface area contributed by atoms with Gasteiger partial charge >= 0.3 is 0 Å². The molecule has 0 amide bonds. The van der Waals surface area contributed by atoms with Crippen LogP contribution in [0, 0.1) is 22.7 Å². The minimum absolute atomic E-state index is 0.0289. The van der Waals surface area contributed by atoms with Crippen LogP contribution < -0.4 is 0 Å². The van der Waals surface area contributed by atoms with Crippen molar-refractivity contribution in [2.75, 3.05) is 0 Å². The zero-order valence-electron chi connectivity index (χ0n) is 14.0. The van der Waals surface area contributed by atoms with E-state index in [4.69, 9.17) is 0 Å². The number of rotatable bonds is 3. The molecule has 2 rings (SSSR count). The van der Waals surface area contributed by atoms with E-state index in [1.807, 2.05) is 13.0 Å². The number of fused-ring (bicyclic) bond motifs is 1. The molecule has 1 unspecified atom stereocenters. The van der Waals surface area contributed by atoms with Gasteiger partial charge in [-0.1, -0.05) is 39.3 Å². The molecule has 116 valence electrons. The first-order valence-electron chi connectivity index (χ1n) is 8.07. The Morgan fingerprint density at radius 3 is 2.48 bits per heavy atom. The van der Waals surface area contributed by atoms with E-state index in [1.54, 1.807) is 6.92 Å². The van der Waals surface area contributed by atoms with Gasteiger partial charge in [0.1, 0.15) is 6.29 Å². The largest absolute Gasteiger partial charge is 0.303 e. The highest BCUT2D eigenvalue weighted by atomic mass is 16.1. The highest BCUT2D eigenvalue weighted by molar-refractivity contribution is 5.93. The number of Topliss-reactive ketones (excluding diaryl/α,β-unsaturated/α-hetero) is 1. The van der Waals surface area contributed by atoms with E-state index in [1.165, 1.54) is 12.8 Å². The van der Waals surface area contributed by atoms with E-state index < -0.39 is 0 Å². The van der Waals surface area contributed by atoms with Crippen molar-refractivity contribution in [3.8, 4) is 0 Å². The van der Waals surface area contributed by atoms with Crippen LogP contribution in [0.25, 0.3) is 0 Å². The standard InChI is InChI=1S/C19H28O2/c1-13(14(2)21)11-15-7-8-17-18(3,4)9-6-10-19(17,5)16(15)12-20/h7,11-12,16-17H,6,8-10H2,1-5H3/b13-11+/t16-,17?,19+/m0/s1. The third kappa shape index (κ3) is 2.77. The van der Waals surface area contributed by atoms with Crippen LogP contribution in [0.1, 0.15) is 60.3 Å².